The van der Waals surface area contributed by atoms with Crippen LogP contribution in [-0.4, -0.2) is 94.4 Å². The second-order valence-electron chi connectivity index (χ2n) is 8.30. The second-order valence-corrected chi connectivity index (χ2v) is 9.60. The van der Waals surface area contributed by atoms with Gasteiger partial charge in [0, 0.05) is 53.1 Å². The predicted molar refractivity (Wildman–Crippen MR) is 143 cm³/mol. The molecule has 1 saturated heterocycles. The lowest BCUT2D eigenvalue weighted by molar-refractivity contribution is -0.149. The van der Waals surface area contributed by atoms with Crippen LogP contribution >= 0.6 is 22.9 Å². The van der Waals surface area contributed by atoms with Crippen molar-refractivity contribution in [2.45, 2.75) is 12.1 Å². The van der Waals surface area contributed by atoms with Gasteiger partial charge in [-0.3, -0.25) is 14.7 Å². The number of carbonyl (C=O) groups excluding carboxylic acids is 1. The van der Waals surface area contributed by atoms with E-state index >= 15 is 0 Å². The Bertz CT molecular complexity index is 1380. The van der Waals surface area contributed by atoms with Crippen LogP contribution in [-0.2, 0) is 28.7 Å². The minimum absolute atomic E-state index is 0.0246. The Morgan fingerprint density at radius 3 is 2.51 bits per heavy atom. The smallest absolute Gasteiger partial charge is 0.338 e. The molecule has 2 atom stereocenters. The van der Waals surface area contributed by atoms with Gasteiger partial charge in [-0.05, 0) is 12.1 Å². The zero-order valence-electron chi connectivity index (χ0n) is 21.3. The molecule has 3 heterocycles. The van der Waals surface area contributed by atoms with E-state index in [9.17, 15) is 28.7 Å². The molecule has 4 rings (SSSR count). The number of aromatic nitrogens is 1. The van der Waals surface area contributed by atoms with Crippen LogP contribution in [0.1, 0.15) is 16.6 Å². The molecule has 16 heteroatoms. The molecule has 0 saturated carbocycles. The number of benzene rings is 1. The van der Waals surface area contributed by atoms with Crippen molar-refractivity contribution in [1.29, 1.82) is 0 Å². The van der Waals surface area contributed by atoms with Gasteiger partial charge in [0.05, 0.1) is 25.9 Å². The summed E-state index contributed by atoms with van der Waals surface area (Å²) < 4.78 is 24.1. The molecule has 2 unspecified atom stereocenters. The number of nitrogens with one attached hydrogen (secondary N) is 1. The van der Waals surface area contributed by atoms with Crippen molar-refractivity contribution >= 4 is 52.7 Å². The SMILES string of the molecule is COC(=O)C1=C(CN2CCOCC2C(=O)O)NC(c2nccs2)=NC1c1ccc(F)cc1Cl.O=C(O)/C=C\C(=O)O. The van der Waals surface area contributed by atoms with Crippen LogP contribution in [0.15, 0.2) is 58.2 Å². The fourth-order valence-electron chi connectivity index (χ4n) is 3.87. The third-order valence-corrected chi connectivity index (χ3v) is 6.78. The maximum absolute atomic E-state index is 13.7. The van der Waals surface area contributed by atoms with Gasteiger partial charge in [0.2, 0.25) is 0 Å². The Morgan fingerprint density at radius 1 is 1.24 bits per heavy atom. The summed E-state index contributed by atoms with van der Waals surface area (Å²) in [5, 5.41) is 30.8. The number of carboxylic acids is 3. The standard InChI is InChI=1S/C21H20ClFN4O5S.C4H4O4/c1-31-21(30)16-14(9-27-5-6-32-10-15(27)20(28)29)25-18(19-24-4-7-33-19)26-17(16)12-3-2-11(23)8-13(12)22;5-3(6)1-2-4(7)8/h2-4,7-8,15,17H,5-6,9-10H2,1H3,(H,25,26)(H,28,29);1-2H,(H,5,6)(H,7,8)/b;2-1-. The first-order valence-electron chi connectivity index (χ1n) is 11.7. The Kier molecular flexibility index (Phi) is 11.0. The zero-order chi connectivity index (χ0) is 30.1. The summed E-state index contributed by atoms with van der Waals surface area (Å²) in [4.78, 5) is 54.4. The normalized spacial score (nSPS) is 19.0. The first-order valence-corrected chi connectivity index (χ1v) is 13.0. The van der Waals surface area contributed by atoms with Gasteiger partial charge in [0.1, 0.15) is 17.9 Å². The number of hydrogen-bond acceptors (Lipinski definition) is 11. The van der Waals surface area contributed by atoms with Crippen molar-refractivity contribution in [3.8, 4) is 0 Å². The number of morpholine rings is 1. The average molecular weight is 611 g/mol. The molecule has 41 heavy (non-hydrogen) atoms. The van der Waals surface area contributed by atoms with E-state index in [-0.39, 0.29) is 23.7 Å². The second kappa shape index (κ2) is 14.5. The van der Waals surface area contributed by atoms with Crippen LogP contribution < -0.4 is 5.32 Å². The molecule has 2 aromatic rings. The van der Waals surface area contributed by atoms with Crippen LogP contribution in [0.25, 0.3) is 0 Å². The number of carbonyl (C=O) groups is 4. The molecule has 0 amide bonds. The van der Waals surface area contributed by atoms with E-state index < -0.39 is 41.8 Å². The number of esters is 1. The lowest BCUT2D eigenvalue weighted by Crippen LogP contribution is -2.52. The number of nitrogens with zero attached hydrogens (tertiary/aromatic N) is 3. The van der Waals surface area contributed by atoms with Gasteiger partial charge < -0.3 is 30.1 Å². The van der Waals surface area contributed by atoms with E-state index in [2.05, 4.69) is 15.3 Å². The number of halogens is 2. The van der Waals surface area contributed by atoms with Crippen LogP contribution in [0.2, 0.25) is 5.02 Å². The van der Waals surface area contributed by atoms with Crippen molar-refractivity contribution in [2.24, 2.45) is 4.99 Å². The highest BCUT2D eigenvalue weighted by atomic mass is 35.5. The van der Waals surface area contributed by atoms with Crippen molar-refractivity contribution in [3.63, 3.8) is 0 Å². The van der Waals surface area contributed by atoms with Crippen molar-refractivity contribution in [2.75, 3.05) is 33.4 Å². The maximum atomic E-state index is 13.7. The molecule has 0 radical (unpaired) electrons. The number of aliphatic carboxylic acids is 3. The number of ether oxygens (including phenoxy) is 2. The number of carboxylic acid groups (broad SMARTS) is 3. The Hall–Kier alpha value is -4.18. The molecular formula is C25H24ClFN4O9S. The van der Waals surface area contributed by atoms with Gasteiger partial charge in [-0.25, -0.2) is 23.8 Å². The third-order valence-electron chi connectivity index (χ3n) is 5.68. The van der Waals surface area contributed by atoms with Crippen molar-refractivity contribution < 1.29 is 48.4 Å². The number of aliphatic imine (C=N–C) groups is 1. The van der Waals surface area contributed by atoms with E-state index in [0.717, 1.165) is 6.07 Å². The number of methoxy groups -OCH3 is 1. The van der Waals surface area contributed by atoms with Gasteiger partial charge >= 0.3 is 23.9 Å². The van der Waals surface area contributed by atoms with Crippen LogP contribution in [0.5, 0.6) is 0 Å². The molecular weight excluding hydrogens is 587 g/mol. The molecule has 1 aromatic carbocycles. The third kappa shape index (κ3) is 8.40. The fourth-order valence-corrected chi connectivity index (χ4v) is 4.73. The number of thiazole rings is 1. The van der Waals surface area contributed by atoms with Gasteiger partial charge in [-0.15, -0.1) is 11.3 Å². The lowest BCUT2D eigenvalue weighted by Gasteiger charge is -2.35. The lowest BCUT2D eigenvalue weighted by atomic mass is 9.95. The quantitative estimate of drug-likeness (QED) is 0.252. The summed E-state index contributed by atoms with van der Waals surface area (Å²) in [5.74, 6) is -4.34. The zero-order valence-corrected chi connectivity index (χ0v) is 22.9. The monoisotopic (exact) mass is 610 g/mol. The molecule has 0 bridgehead atoms. The van der Waals surface area contributed by atoms with E-state index in [1.807, 2.05) is 0 Å². The molecule has 0 spiro atoms. The Morgan fingerprint density at radius 2 is 1.95 bits per heavy atom. The summed E-state index contributed by atoms with van der Waals surface area (Å²) in [5.41, 5.74) is 0.964. The summed E-state index contributed by atoms with van der Waals surface area (Å²) >= 11 is 7.67. The highest BCUT2D eigenvalue weighted by Gasteiger charge is 2.37. The largest absolute Gasteiger partial charge is 0.480 e. The number of hydrogen-bond donors (Lipinski definition) is 4. The predicted octanol–water partition coefficient (Wildman–Crippen LogP) is 1.95. The van der Waals surface area contributed by atoms with Crippen molar-refractivity contribution in [1.82, 2.24) is 15.2 Å². The summed E-state index contributed by atoms with van der Waals surface area (Å²) in [6, 6.07) is 2.05. The first kappa shape index (κ1) is 31.3. The van der Waals surface area contributed by atoms with Gasteiger partial charge in [0.15, 0.2) is 10.8 Å². The maximum Gasteiger partial charge on any atom is 0.338 e. The van der Waals surface area contributed by atoms with E-state index in [1.54, 1.807) is 16.5 Å². The highest BCUT2D eigenvalue weighted by Crippen LogP contribution is 2.37. The molecule has 4 N–H and O–H groups in total. The molecule has 0 aliphatic carbocycles. The van der Waals surface area contributed by atoms with Gasteiger partial charge in [0.25, 0.3) is 0 Å². The minimum atomic E-state index is -1.26. The fraction of sp³-hybridized carbons (Fsp3) is 0.280. The minimum Gasteiger partial charge on any atom is -0.480 e. The average Bonchev–Trinajstić information content (AvgIpc) is 3.47. The van der Waals surface area contributed by atoms with Crippen LogP contribution in [0.4, 0.5) is 4.39 Å². The Balaban J connectivity index is 0.000000507. The van der Waals surface area contributed by atoms with E-state index in [0.29, 0.717) is 47.4 Å². The molecule has 2 aliphatic heterocycles. The molecule has 1 aromatic heterocycles. The topological polar surface area (TPSA) is 188 Å². The van der Waals surface area contributed by atoms with Gasteiger partial charge in [-0.2, -0.15) is 0 Å². The highest BCUT2D eigenvalue weighted by molar-refractivity contribution is 7.11. The van der Waals surface area contributed by atoms with Crippen LogP contribution in [0.3, 0.4) is 0 Å². The van der Waals surface area contributed by atoms with Gasteiger partial charge in [-0.1, -0.05) is 17.7 Å². The summed E-state index contributed by atoms with van der Waals surface area (Å²) in [6.07, 6.45) is 2.73. The first-order chi connectivity index (χ1) is 19.5. The summed E-state index contributed by atoms with van der Waals surface area (Å²) in [7, 11) is 1.24. The summed E-state index contributed by atoms with van der Waals surface area (Å²) in [6.45, 7) is 0.814. The number of amidine groups is 1. The number of rotatable bonds is 8. The molecule has 13 nitrogen and oxygen atoms in total. The molecule has 1 fully saturated rings. The van der Waals surface area contributed by atoms with Crippen molar-refractivity contribution in [3.05, 3.63) is 74.6 Å². The van der Waals surface area contributed by atoms with E-state index in [1.165, 1.54) is 30.6 Å². The molecule has 218 valence electrons. The Labute approximate surface area is 241 Å². The molecule has 2 aliphatic rings. The van der Waals surface area contributed by atoms with E-state index in [4.69, 9.17) is 31.3 Å². The van der Waals surface area contributed by atoms with Crippen LogP contribution in [0, 0.1) is 5.82 Å².